The predicted octanol–water partition coefficient (Wildman–Crippen LogP) is 5.00. The molecule has 0 nitrogen and oxygen atoms in total. The molecule has 2 aliphatic carbocycles. The van der Waals surface area contributed by atoms with E-state index in [9.17, 15) is 0 Å². The van der Waals surface area contributed by atoms with Crippen LogP contribution in [0.2, 0.25) is 5.02 Å². The third-order valence-electron chi connectivity index (χ3n) is 3.43. The summed E-state index contributed by atoms with van der Waals surface area (Å²) in [4.78, 5) is 0. The number of rotatable bonds is 1. The van der Waals surface area contributed by atoms with Gasteiger partial charge in [0.25, 0.3) is 0 Å². The van der Waals surface area contributed by atoms with Crippen LogP contribution in [-0.4, -0.2) is 0 Å². The zero-order chi connectivity index (χ0) is 12.5. The van der Waals surface area contributed by atoms with Gasteiger partial charge < -0.3 is 0 Å². The summed E-state index contributed by atoms with van der Waals surface area (Å²) in [6.07, 6.45) is 13.2. The molecule has 0 amide bonds. The molecule has 0 N–H and O–H groups in total. The van der Waals surface area contributed by atoms with Gasteiger partial charge in [0.2, 0.25) is 0 Å². The maximum absolute atomic E-state index is 5.96. The maximum Gasteiger partial charge on any atom is 0.0406 e. The van der Waals surface area contributed by atoms with Crippen LogP contribution in [0.1, 0.15) is 24.8 Å². The van der Waals surface area contributed by atoms with Crippen molar-refractivity contribution in [3.05, 3.63) is 82.0 Å². The van der Waals surface area contributed by atoms with E-state index in [2.05, 4.69) is 49.4 Å². The van der Waals surface area contributed by atoms with Crippen molar-refractivity contribution in [2.24, 2.45) is 0 Å². The topological polar surface area (TPSA) is 0 Å². The van der Waals surface area contributed by atoms with Crippen molar-refractivity contribution in [2.45, 2.75) is 19.3 Å². The smallest absolute Gasteiger partial charge is 0.0406 e. The Bertz CT molecular complexity index is 588. The van der Waals surface area contributed by atoms with E-state index in [-0.39, 0.29) is 26.2 Å². The fourth-order valence-electron chi connectivity index (χ4n) is 2.57. The summed E-state index contributed by atoms with van der Waals surface area (Å²) in [6.45, 7) is 2.10. The molecule has 0 heterocycles. The Morgan fingerprint density at radius 2 is 1.95 bits per heavy atom. The molecular weight excluding hydrogens is 331 g/mol. The standard InChI is InChI=1S/C17H14Cl.Zr/c1-12-10-14-4-2-3-5-16(17(14)11-12)13-6-8-15(18)9-7-13;/h2-4,6-9,11,16H,5H2,1H3;/q-1;. The van der Waals surface area contributed by atoms with Crippen LogP contribution in [0, 0.1) is 6.08 Å². The van der Waals surface area contributed by atoms with E-state index in [1.807, 2.05) is 12.1 Å². The molecule has 19 heavy (non-hydrogen) atoms. The van der Waals surface area contributed by atoms with E-state index in [1.165, 1.54) is 22.3 Å². The first-order valence-electron chi connectivity index (χ1n) is 6.19. The minimum atomic E-state index is 0. The van der Waals surface area contributed by atoms with E-state index in [4.69, 9.17) is 11.6 Å². The van der Waals surface area contributed by atoms with Crippen LogP contribution in [0.3, 0.4) is 0 Å². The zero-order valence-electron chi connectivity index (χ0n) is 10.8. The second-order valence-electron chi connectivity index (χ2n) is 4.76. The van der Waals surface area contributed by atoms with Gasteiger partial charge in [-0.3, -0.25) is 0 Å². The Labute approximate surface area is 138 Å². The van der Waals surface area contributed by atoms with Crippen LogP contribution in [0.25, 0.3) is 0 Å². The molecule has 0 fully saturated rings. The van der Waals surface area contributed by atoms with Crippen molar-refractivity contribution >= 4 is 11.6 Å². The fourth-order valence-corrected chi connectivity index (χ4v) is 2.70. The van der Waals surface area contributed by atoms with Crippen molar-refractivity contribution < 1.29 is 26.2 Å². The van der Waals surface area contributed by atoms with Gasteiger partial charge in [0.15, 0.2) is 0 Å². The molecule has 1 aromatic rings. The van der Waals surface area contributed by atoms with Crippen LogP contribution in [0.5, 0.6) is 0 Å². The summed E-state index contributed by atoms with van der Waals surface area (Å²) >= 11 is 5.96. The Hall–Kier alpha value is -0.647. The monoisotopic (exact) mass is 343 g/mol. The fraction of sp³-hybridized carbons (Fsp3) is 0.176. The molecule has 0 radical (unpaired) electrons. The van der Waals surface area contributed by atoms with Gasteiger partial charge in [0.1, 0.15) is 0 Å². The maximum atomic E-state index is 5.96. The molecule has 0 saturated carbocycles. The summed E-state index contributed by atoms with van der Waals surface area (Å²) in [7, 11) is 0. The van der Waals surface area contributed by atoms with Crippen molar-refractivity contribution in [3.63, 3.8) is 0 Å². The number of benzene rings is 1. The molecule has 0 bridgehead atoms. The summed E-state index contributed by atoms with van der Waals surface area (Å²) < 4.78 is 0. The van der Waals surface area contributed by atoms with Crippen molar-refractivity contribution in [1.29, 1.82) is 0 Å². The molecule has 94 valence electrons. The SMILES string of the molecule is CC1=[C-]C2=CC=CCC(c3ccc(Cl)cc3)C2=C1.[Zr]. The Kier molecular flexibility index (Phi) is 4.82. The van der Waals surface area contributed by atoms with E-state index in [1.54, 1.807) is 0 Å². The molecule has 0 saturated heterocycles. The molecule has 1 aromatic carbocycles. The second-order valence-corrected chi connectivity index (χ2v) is 5.19. The summed E-state index contributed by atoms with van der Waals surface area (Å²) in [5, 5.41) is 0.792. The van der Waals surface area contributed by atoms with E-state index >= 15 is 0 Å². The molecule has 1 atom stereocenters. The number of hydrogen-bond acceptors (Lipinski definition) is 0. The Balaban J connectivity index is 0.00000133. The van der Waals surface area contributed by atoms with E-state index < -0.39 is 0 Å². The van der Waals surface area contributed by atoms with Gasteiger partial charge in [-0.1, -0.05) is 36.7 Å². The van der Waals surface area contributed by atoms with Crippen molar-refractivity contribution in [3.8, 4) is 0 Å². The van der Waals surface area contributed by atoms with Gasteiger partial charge in [-0.2, -0.15) is 17.2 Å². The quantitative estimate of drug-likeness (QED) is 0.629. The zero-order valence-corrected chi connectivity index (χ0v) is 14.0. The third-order valence-corrected chi connectivity index (χ3v) is 3.69. The molecule has 3 rings (SSSR count). The minimum absolute atomic E-state index is 0. The molecule has 0 spiro atoms. The predicted molar refractivity (Wildman–Crippen MR) is 76.5 cm³/mol. The Morgan fingerprint density at radius 1 is 1.21 bits per heavy atom. The van der Waals surface area contributed by atoms with Crippen molar-refractivity contribution in [2.75, 3.05) is 0 Å². The first-order chi connectivity index (χ1) is 8.74. The van der Waals surface area contributed by atoms with Gasteiger partial charge in [-0.05, 0) is 30.0 Å². The van der Waals surface area contributed by atoms with Crippen LogP contribution < -0.4 is 0 Å². The Morgan fingerprint density at radius 3 is 2.68 bits per heavy atom. The average molecular weight is 345 g/mol. The van der Waals surface area contributed by atoms with Gasteiger partial charge in [0, 0.05) is 31.2 Å². The molecule has 2 heteroatoms. The largest absolute Gasteiger partial charge is 0.169 e. The minimum Gasteiger partial charge on any atom is -0.169 e. The second kappa shape index (κ2) is 6.20. The van der Waals surface area contributed by atoms with E-state index in [0.29, 0.717) is 5.92 Å². The summed E-state index contributed by atoms with van der Waals surface area (Å²) in [5.74, 6) is 0.414. The summed E-state index contributed by atoms with van der Waals surface area (Å²) in [5.41, 5.74) is 5.13. The first-order valence-corrected chi connectivity index (χ1v) is 6.56. The molecule has 0 aliphatic heterocycles. The van der Waals surface area contributed by atoms with Crippen LogP contribution in [0.15, 0.2) is 65.3 Å². The first kappa shape index (κ1) is 14.8. The summed E-state index contributed by atoms with van der Waals surface area (Å²) in [6, 6.07) is 8.18. The number of halogens is 1. The van der Waals surface area contributed by atoms with Gasteiger partial charge in [0.05, 0.1) is 0 Å². The van der Waals surface area contributed by atoms with Gasteiger partial charge in [-0.25, -0.2) is 0 Å². The third kappa shape index (κ3) is 3.10. The molecule has 1 unspecified atom stereocenters. The van der Waals surface area contributed by atoms with Crippen LogP contribution in [0.4, 0.5) is 0 Å². The van der Waals surface area contributed by atoms with Crippen molar-refractivity contribution in [1.82, 2.24) is 0 Å². The number of fused-ring (bicyclic) bond motifs is 1. The number of hydrogen-bond donors (Lipinski definition) is 0. The molecule has 2 aliphatic rings. The van der Waals surface area contributed by atoms with E-state index in [0.717, 1.165) is 11.4 Å². The number of allylic oxidation sites excluding steroid dienone is 8. The normalized spacial score (nSPS) is 20.7. The average Bonchev–Trinajstić information content (AvgIpc) is 2.61. The molecular formula is C17H14ClZr-. The van der Waals surface area contributed by atoms with Crippen LogP contribution in [-0.2, 0) is 26.2 Å². The van der Waals surface area contributed by atoms with Crippen LogP contribution >= 0.6 is 11.6 Å². The molecule has 0 aromatic heterocycles. The van der Waals surface area contributed by atoms with Gasteiger partial charge in [-0.15, -0.1) is 23.8 Å². The van der Waals surface area contributed by atoms with Gasteiger partial charge >= 0.3 is 0 Å².